The molecule has 0 spiro atoms. The summed E-state index contributed by atoms with van der Waals surface area (Å²) < 4.78 is 16.8. The number of carbonyl (C=O) groups is 3. The number of rotatable bonds is 52. The van der Waals surface area contributed by atoms with Gasteiger partial charge in [0, 0.05) is 19.3 Å². The molecule has 0 N–H and O–H groups in total. The molecule has 0 aliphatic rings. The number of carbonyl (C=O) groups excluding carboxylic acids is 3. The minimum absolute atomic E-state index is 0.108. The lowest BCUT2D eigenvalue weighted by Gasteiger charge is -2.18. The van der Waals surface area contributed by atoms with Crippen LogP contribution in [-0.2, 0) is 28.6 Å². The molecule has 1 unspecified atom stereocenters. The van der Waals surface area contributed by atoms with Crippen LogP contribution in [0.2, 0.25) is 0 Å². The van der Waals surface area contributed by atoms with Crippen LogP contribution in [0.25, 0.3) is 0 Å². The summed E-state index contributed by atoms with van der Waals surface area (Å²) in [5, 5.41) is 0. The fourth-order valence-electron chi connectivity index (χ4n) is 7.68. The van der Waals surface area contributed by atoms with E-state index in [0.717, 1.165) is 141 Å². The minimum Gasteiger partial charge on any atom is -0.462 e. The Kier molecular flexibility index (Phi) is 57.0. The summed E-state index contributed by atoms with van der Waals surface area (Å²) in [6, 6.07) is 0. The van der Waals surface area contributed by atoms with Crippen molar-refractivity contribution in [1.82, 2.24) is 0 Å². The maximum Gasteiger partial charge on any atom is 0.306 e. The minimum atomic E-state index is -0.817. The van der Waals surface area contributed by atoms with Crippen molar-refractivity contribution in [2.75, 3.05) is 13.2 Å². The Morgan fingerprint density at radius 3 is 0.851 bits per heavy atom. The summed E-state index contributed by atoms with van der Waals surface area (Å²) >= 11 is 0. The number of unbranched alkanes of at least 4 members (excludes halogenated alkanes) is 17. The highest BCUT2D eigenvalue weighted by atomic mass is 16.6. The van der Waals surface area contributed by atoms with Gasteiger partial charge >= 0.3 is 17.9 Å². The molecule has 1 atom stereocenters. The molecule has 0 aromatic carbocycles. The molecule has 0 fully saturated rings. The molecular formula is C68H108O6. The summed E-state index contributed by atoms with van der Waals surface area (Å²) in [6.45, 7) is 6.34. The van der Waals surface area contributed by atoms with Crippen molar-refractivity contribution in [3.8, 4) is 0 Å². The maximum atomic E-state index is 12.9. The fourth-order valence-corrected chi connectivity index (χ4v) is 7.68. The van der Waals surface area contributed by atoms with E-state index in [9.17, 15) is 14.4 Å². The van der Waals surface area contributed by atoms with Gasteiger partial charge in [-0.15, -0.1) is 0 Å². The maximum absolute atomic E-state index is 12.9. The molecule has 0 rings (SSSR count). The second-order valence-electron chi connectivity index (χ2n) is 19.1. The molecule has 0 aromatic heterocycles. The van der Waals surface area contributed by atoms with E-state index in [1.165, 1.54) is 57.8 Å². The van der Waals surface area contributed by atoms with Crippen molar-refractivity contribution in [1.29, 1.82) is 0 Å². The van der Waals surface area contributed by atoms with E-state index in [0.29, 0.717) is 19.3 Å². The van der Waals surface area contributed by atoms with Gasteiger partial charge in [-0.25, -0.2) is 0 Å². The molecular weight excluding hydrogens is 913 g/mol. The zero-order valence-corrected chi connectivity index (χ0v) is 47.5. The Morgan fingerprint density at radius 1 is 0.284 bits per heavy atom. The van der Waals surface area contributed by atoms with Crippen LogP contribution in [0.5, 0.6) is 0 Å². The van der Waals surface area contributed by atoms with E-state index in [1.54, 1.807) is 0 Å². The Labute approximate surface area is 455 Å². The highest BCUT2D eigenvalue weighted by Gasteiger charge is 2.19. The summed E-state index contributed by atoms with van der Waals surface area (Å²) in [5.41, 5.74) is 0. The first-order chi connectivity index (χ1) is 36.5. The molecule has 0 aliphatic heterocycles. The van der Waals surface area contributed by atoms with Gasteiger partial charge in [-0.2, -0.15) is 0 Å². The van der Waals surface area contributed by atoms with Gasteiger partial charge in [0.15, 0.2) is 6.10 Å². The van der Waals surface area contributed by atoms with Crippen LogP contribution >= 0.6 is 0 Å². The van der Waals surface area contributed by atoms with E-state index in [1.807, 2.05) is 0 Å². The lowest BCUT2D eigenvalue weighted by molar-refractivity contribution is -0.167. The van der Waals surface area contributed by atoms with Crippen molar-refractivity contribution in [2.45, 2.75) is 252 Å². The standard InChI is InChI=1S/C68H108O6/c1-4-7-10-13-16-19-22-25-27-29-31-33-34-36-37-39-41-43-46-49-52-55-58-61-67(70)73-64-65(63-72-66(69)60-57-54-51-48-45-24-21-18-15-12-9-6-3)74-68(71)62-59-56-53-50-47-44-42-40-38-35-32-30-28-26-23-20-17-14-11-8-5-2/h7-8,10-11,16-17,19-20,25-28,31-33,35-37,40-43,47,50,65H,4-6,9,12-15,18,21-24,29-30,34,38-39,44-46,48-49,51-64H2,1-3H3/b10-7-,11-8-,19-16-,20-17-,27-25-,28-26-,33-31-,35-32-,37-36-,42-40-,43-41-,50-47-. The number of esters is 3. The quantitative estimate of drug-likeness (QED) is 0.0261. The van der Waals surface area contributed by atoms with Gasteiger partial charge in [-0.05, 0) is 122 Å². The molecule has 6 nitrogen and oxygen atoms in total. The smallest absolute Gasteiger partial charge is 0.306 e. The zero-order chi connectivity index (χ0) is 53.6. The van der Waals surface area contributed by atoms with Crippen LogP contribution in [-0.4, -0.2) is 37.2 Å². The first-order valence-corrected chi connectivity index (χ1v) is 29.8. The van der Waals surface area contributed by atoms with Crippen LogP contribution in [0.4, 0.5) is 0 Å². The van der Waals surface area contributed by atoms with Crippen molar-refractivity contribution in [3.05, 3.63) is 146 Å². The average Bonchev–Trinajstić information content (AvgIpc) is 3.40. The molecule has 0 aromatic rings. The normalized spacial score (nSPS) is 13.2. The molecule has 0 aliphatic carbocycles. The van der Waals surface area contributed by atoms with Crippen LogP contribution in [0.15, 0.2) is 146 Å². The first kappa shape index (κ1) is 69.3. The van der Waals surface area contributed by atoms with Crippen LogP contribution in [0.3, 0.4) is 0 Å². The van der Waals surface area contributed by atoms with E-state index in [2.05, 4.69) is 167 Å². The van der Waals surface area contributed by atoms with Crippen molar-refractivity contribution in [2.24, 2.45) is 0 Å². The van der Waals surface area contributed by atoms with Gasteiger partial charge in [0.2, 0.25) is 0 Å². The van der Waals surface area contributed by atoms with Gasteiger partial charge in [0.05, 0.1) is 0 Å². The number of hydrogen-bond donors (Lipinski definition) is 0. The van der Waals surface area contributed by atoms with Crippen LogP contribution < -0.4 is 0 Å². The summed E-state index contributed by atoms with van der Waals surface area (Å²) in [4.78, 5) is 38.2. The molecule has 0 bridgehead atoms. The van der Waals surface area contributed by atoms with Gasteiger partial charge in [0.1, 0.15) is 13.2 Å². The van der Waals surface area contributed by atoms with E-state index in [4.69, 9.17) is 14.2 Å². The summed E-state index contributed by atoms with van der Waals surface area (Å²) in [5.74, 6) is -0.982. The highest BCUT2D eigenvalue weighted by molar-refractivity contribution is 5.71. The van der Waals surface area contributed by atoms with Crippen molar-refractivity contribution >= 4 is 17.9 Å². The monoisotopic (exact) mass is 1020 g/mol. The Hall–Kier alpha value is -4.71. The van der Waals surface area contributed by atoms with E-state index >= 15 is 0 Å². The van der Waals surface area contributed by atoms with Gasteiger partial charge < -0.3 is 14.2 Å². The summed E-state index contributed by atoms with van der Waals surface area (Å²) in [7, 11) is 0. The fraction of sp³-hybridized carbons (Fsp3) is 0.603. The molecule has 74 heavy (non-hydrogen) atoms. The number of ether oxygens (including phenoxy) is 3. The molecule has 0 saturated carbocycles. The Balaban J connectivity index is 4.51. The van der Waals surface area contributed by atoms with Crippen LogP contribution in [0, 0.1) is 0 Å². The SMILES string of the molecule is CC/C=C\C/C=C\C/C=C\C/C=C\C/C=C\C/C=C\CCCCCCC(=O)OCC(COC(=O)CCCCCCCCCCCCCC)OC(=O)CCCC/C=C\C/C=C\C/C=C\C/C=C\C/C=C\C/C=C\CC. The highest BCUT2D eigenvalue weighted by Crippen LogP contribution is 2.14. The summed E-state index contributed by atoms with van der Waals surface area (Å²) in [6.07, 6.45) is 87.0. The topological polar surface area (TPSA) is 78.9 Å². The van der Waals surface area contributed by atoms with Gasteiger partial charge in [0.25, 0.3) is 0 Å². The Morgan fingerprint density at radius 2 is 0.527 bits per heavy atom. The van der Waals surface area contributed by atoms with Crippen molar-refractivity contribution in [3.63, 3.8) is 0 Å². The number of allylic oxidation sites excluding steroid dienone is 24. The lowest BCUT2D eigenvalue weighted by atomic mass is 10.0. The molecule has 0 saturated heterocycles. The molecule has 0 heterocycles. The first-order valence-electron chi connectivity index (χ1n) is 29.8. The third kappa shape index (κ3) is 58.2. The largest absolute Gasteiger partial charge is 0.462 e. The van der Waals surface area contributed by atoms with E-state index < -0.39 is 6.10 Å². The zero-order valence-electron chi connectivity index (χ0n) is 47.5. The Bertz CT molecular complexity index is 1640. The van der Waals surface area contributed by atoms with E-state index in [-0.39, 0.29) is 37.5 Å². The number of hydrogen-bond acceptors (Lipinski definition) is 6. The average molecular weight is 1020 g/mol. The second kappa shape index (κ2) is 60.8. The molecule has 0 amide bonds. The van der Waals surface area contributed by atoms with Gasteiger partial charge in [-0.3, -0.25) is 14.4 Å². The molecule has 0 radical (unpaired) electrons. The third-order valence-electron chi connectivity index (χ3n) is 12.1. The van der Waals surface area contributed by atoms with Crippen LogP contribution in [0.1, 0.15) is 245 Å². The van der Waals surface area contributed by atoms with Crippen molar-refractivity contribution < 1.29 is 28.6 Å². The molecule has 416 valence electrons. The lowest BCUT2D eigenvalue weighted by Crippen LogP contribution is -2.30. The molecule has 6 heteroatoms. The second-order valence-corrected chi connectivity index (χ2v) is 19.1. The van der Waals surface area contributed by atoms with Gasteiger partial charge in [-0.1, -0.05) is 250 Å². The predicted molar refractivity (Wildman–Crippen MR) is 320 cm³/mol. The third-order valence-corrected chi connectivity index (χ3v) is 12.1. The predicted octanol–water partition coefficient (Wildman–Crippen LogP) is 20.4.